The van der Waals surface area contributed by atoms with Crippen molar-refractivity contribution in [2.45, 2.75) is 73.9 Å². The molecule has 2 aliphatic carbocycles. The van der Waals surface area contributed by atoms with Crippen LogP contribution in [0.4, 0.5) is 0 Å². The van der Waals surface area contributed by atoms with Crippen LogP contribution in [0.1, 0.15) is 63.7 Å². The van der Waals surface area contributed by atoms with Gasteiger partial charge in [0.25, 0.3) is 0 Å². The van der Waals surface area contributed by atoms with Crippen molar-refractivity contribution in [3.05, 3.63) is 5.82 Å². The minimum absolute atomic E-state index is 0.329. The zero-order valence-corrected chi connectivity index (χ0v) is 13.8. The topological polar surface area (TPSA) is 66.5 Å². The third-order valence-corrected chi connectivity index (χ3v) is 5.40. The molecule has 114 valence electrons. The normalized spacial score (nSPS) is 22.6. The van der Waals surface area contributed by atoms with E-state index >= 15 is 0 Å². The zero-order chi connectivity index (χ0) is 15.0. The molecule has 1 aromatic heterocycles. The largest absolute Gasteiger partial charge is 0.303 e. The number of rotatable bonds is 7. The summed E-state index contributed by atoms with van der Waals surface area (Å²) in [6, 6.07) is 2.98. The van der Waals surface area contributed by atoms with Crippen LogP contribution in [0.3, 0.4) is 0 Å². The first-order valence-electron chi connectivity index (χ1n) is 7.78. The maximum atomic E-state index is 9.28. The van der Waals surface area contributed by atoms with E-state index in [1.165, 1.54) is 31.5 Å². The molecular weight excluding hydrogens is 282 g/mol. The molecule has 2 atom stereocenters. The van der Waals surface area contributed by atoms with Crippen LogP contribution in [0, 0.1) is 11.3 Å². The van der Waals surface area contributed by atoms with Crippen molar-refractivity contribution in [1.29, 1.82) is 5.26 Å². The average molecular weight is 305 g/mol. The Hall–Kier alpha value is -1.06. The summed E-state index contributed by atoms with van der Waals surface area (Å²) in [6.45, 7) is 4.12. The molecule has 0 aromatic carbocycles. The molecule has 0 spiro atoms. The van der Waals surface area contributed by atoms with Gasteiger partial charge in [-0.2, -0.15) is 5.26 Å². The van der Waals surface area contributed by atoms with Crippen molar-refractivity contribution in [2.75, 3.05) is 7.05 Å². The Balaban J connectivity index is 1.71. The maximum absolute atomic E-state index is 9.28. The smallest absolute Gasteiger partial charge is 0.191 e. The van der Waals surface area contributed by atoms with E-state index in [4.69, 9.17) is 0 Å². The fraction of sp³-hybridized carbons (Fsp3) is 0.800. The second-order valence-electron chi connectivity index (χ2n) is 6.54. The Morgan fingerprint density at radius 3 is 2.67 bits per heavy atom. The van der Waals surface area contributed by atoms with Crippen LogP contribution in [0.15, 0.2) is 5.16 Å². The summed E-state index contributed by atoms with van der Waals surface area (Å²) in [4.78, 5) is 0. The fourth-order valence-electron chi connectivity index (χ4n) is 2.66. The van der Waals surface area contributed by atoms with Gasteiger partial charge >= 0.3 is 0 Å². The molecular formula is C15H23N5S. The number of nitrogens with zero attached hydrogens (tertiary/aromatic N) is 4. The quantitative estimate of drug-likeness (QED) is 0.785. The molecule has 0 amide bonds. The number of nitrogens with one attached hydrogen (secondary N) is 1. The summed E-state index contributed by atoms with van der Waals surface area (Å²) in [5.74, 6) is 1.84. The first kappa shape index (κ1) is 14.9. The lowest BCUT2D eigenvalue weighted by Crippen LogP contribution is -2.40. The average Bonchev–Trinajstić information content (AvgIpc) is 3.38. The Morgan fingerprint density at radius 1 is 1.43 bits per heavy atom. The van der Waals surface area contributed by atoms with Crippen molar-refractivity contribution in [1.82, 2.24) is 20.1 Å². The van der Waals surface area contributed by atoms with Crippen LogP contribution in [0.25, 0.3) is 0 Å². The number of thioether (sulfide) groups is 1. The molecule has 1 N–H and O–H groups in total. The highest BCUT2D eigenvalue weighted by molar-refractivity contribution is 7.99. The molecule has 2 aliphatic rings. The molecule has 2 unspecified atom stereocenters. The van der Waals surface area contributed by atoms with Gasteiger partial charge in [-0.25, -0.2) is 0 Å². The molecule has 1 aromatic rings. The first-order valence-corrected chi connectivity index (χ1v) is 8.66. The molecule has 5 nitrogen and oxygen atoms in total. The second-order valence-corrected chi connectivity index (χ2v) is 7.95. The molecule has 0 aliphatic heterocycles. The Kier molecular flexibility index (Phi) is 3.98. The number of nitriles is 1. The van der Waals surface area contributed by atoms with E-state index in [2.05, 4.69) is 33.1 Å². The molecule has 21 heavy (non-hydrogen) atoms. The van der Waals surface area contributed by atoms with Crippen LogP contribution >= 0.6 is 11.8 Å². The van der Waals surface area contributed by atoms with Gasteiger partial charge in [0, 0.05) is 17.2 Å². The van der Waals surface area contributed by atoms with E-state index in [1.807, 2.05) is 14.0 Å². The third-order valence-electron chi connectivity index (χ3n) is 4.35. The third kappa shape index (κ3) is 3.24. The molecule has 2 saturated carbocycles. The molecule has 0 saturated heterocycles. The van der Waals surface area contributed by atoms with E-state index < -0.39 is 5.54 Å². The summed E-state index contributed by atoms with van der Waals surface area (Å²) < 4.78 is 2.38. The Bertz CT molecular complexity index is 555. The summed E-state index contributed by atoms with van der Waals surface area (Å²) in [6.07, 6.45) is 5.83. The molecule has 2 fully saturated rings. The predicted molar refractivity (Wildman–Crippen MR) is 83.3 cm³/mol. The highest BCUT2D eigenvalue weighted by Crippen LogP contribution is 2.46. The van der Waals surface area contributed by atoms with Gasteiger partial charge in [-0.3, -0.25) is 0 Å². The van der Waals surface area contributed by atoms with Crippen LogP contribution in [-0.4, -0.2) is 32.6 Å². The lowest BCUT2D eigenvalue weighted by Gasteiger charge is -2.24. The number of hydrogen-bond acceptors (Lipinski definition) is 5. The van der Waals surface area contributed by atoms with E-state index in [0.29, 0.717) is 17.2 Å². The van der Waals surface area contributed by atoms with Crippen molar-refractivity contribution in [3.63, 3.8) is 0 Å². The SMILES string of the molecule is CNC(C)(C#N)CC(C)Sc1nnc(C2CC2)n1C1CC1. The molecule has 6 heteroatoms. The zero-order valence-electron chi connectivity index (χ0n) is 13.0. The standard InChI is InChI=1S/C15H23N5S/c1-10(8-15(2,9-16)17-3)21-14-19-18-13(11-4-5-11)20(14)12-6-7-12/h10-12,17H,4-8H2,1-3H3. The summed E-state index contributed by atoms with van der Waals surface area (Å²) in [5.41, 5.74) is -0.476. The minimum atomic E-state index is -0.476. The number of hydrogen-bond donors (Lipinski definition) is 1. The van der Waals surface area contributed by atoms with Gasteiger partial charge in [0.2, 0.25) is 0 Å². The van der Waals surface area contributed by atoms with Gasteiger partial charge in [-0.05, 0) is 46.1 Å². The monoisotopic (exact) mass is 305 g/mol. The first-order chi connectivity index (χ1) is 10.1. The van der Waals surface area contributed by atoms with Crippen molar-refractivity contribution < 1.29 is 0 Å². The minimum Gasteiger partial charge on any atom is -0.303 e. The van der Waals surface area contributed by atoms with E-state index in [1.54, 1.807) is 11.8 Å². The summed E-state index contributed by atoms with van der Waals surface area (Å²) >= 11 is 1.76. The van der Waals surface area contributed by atoms with Gasteiger partial charge in [-0.15, -0.1) is 10.2 Å². The Morgan fingerprint density at radius 2 is 2.14 bits per heavy atom. The molecule has 0 bridgehead atoms. The fourth-order valence-corrected chi connectivity index (χ4v) is 3.89. The molecule has 3 rings (SSSR count). The van der Waals surface area contributed by atoms with Crippen molar-refractivity contribution in [2.24, 2.45) is 0 Å². The van der Waals surface area contributed by atoms with Crippen LogP contribution < -0.4 is 5.32 Å². The van der Waals surface area contributed by atoms with Gasteiger partial charge in [0.05, 0.1) is 6.07 Å². The second kappa shape index (κ2) is 5.62. The van der Waals surface area contributed by atoms with Crippen molar-refractivity contribution in [3.8, 4) is 6.07 Å². The van der Waals surface area contributed by atoms with Crippen molar-refractivity contribution >= 4 is 11.8 Å². The summed E-state index contributed by atoms with van der Waals surface area (Å²) in [7, 11) is 1.85. The van der Waals surface area contributed by atoms with E-state index in [-0.39, 0.29) is 0 Å². The molecule has 1 heterocycles. The van der Waals surface area contributed by atoms with Crippen LogP contribution in [0.2, 0.25) is 0 Å². The Labute approximate surface area is 130 Å². The lowest BCUT2D eigenvalue weighted by atomic mass is 9.98. The van der Waals surface area contributed by atoms with Crippen LogP contribution in [-0.2, 0) is 0 Å². The van der Waals surface area contributed by atoms with Gasteiger partial charge in [0.1, 0.15) is 11.4 Å². The highest BCUT2D eigenvalue weighted by Gasteiger charge is 2.37. The van der Waals surface area contributed by atoms with E-state index in [9.17, 15) is 5.26 Å². The highest BCUT2D eigenvalue weighted by atomic mass is 32.2. The summed E-state index contributed by atoms with van der Waals surface area (Å²) in [5, 5.41) is 22.6. The maximum Gasteiger partial charge on any atom is 0.191 e. The van der Waals surface area contributed by atoms with Gasteiger partial charge < -0.3 is 9.88 Å². The lowest BCUT2D eigenvalue weighted by molar-refractivity contribution is 0.454. The van der Waals surface area contributed by atoms with Gasteiger partial charge in [-0.1, -0.05) is 18.7 Å². The van der Waals surface area contributed by atoms with Crippen LogP contribution in [0.5, 0.6) is 0 Å². The van der Waals surface area contributed by atoms with Gasteiger partial charge in [0.15, 0.2) is 5.16 Å². The molecule has 0 radical (unpaired) electrons. The predicted octanol–water partition coefficient (Wildman–Crippen LogP) is 2.86. The number of aromatic nitrogens is 3. The van der Waals surface area contributed by atoms with E-state index in [0.717, 1.165) is 11.6 Å².